The molecule has 2 heteroatoms. The number of rotatable bonds is 9. The third kappa shape index (κ3) is 6.75. The fraction of sp³-hybridized carbons (Fsp3) is 0.600. The van der Waals surface area contributed by atoms with Gasteiger partial charge in [0.2, 0.25) is 0 Å². The van der Waals surface area contributed by atoms with Crippen LogP contribution in [0.2, 0.25) is 0 Å². The first-order valence-corrected chi connectivity index (χ1v) is 7.84. The van der Waals surface area contributed by atoms with Gasteiger partial charge in [0.05, 0.1) is 0 Å². The Labute approximate surface area is 110 Å². The predicted molar refractivity (Wildman–Crippen MR) is 79.3 cm³/mol. The molecule has 0 saturated heterocycles. The highest BCUT2D eigenvalue weighted by molar-refractivity contribution is 7.98. The molecule has 0 heterocycles. The van der Waals surface area contributed by atoms with E-state index < -0.39 is 0 Å². The summed E-state index contributed by atoms with van der Waals surface area (Å²) in [7, 11) is 0. The van der Waals surface area contributed by atoms with Crippen LogP contribution in [0.25, 0.3) is 0 Å². The van der Waals surface area contributed by atoms with Crippen LogP contribution in [0.1, 0.15) is 38.2 Å². The summed E-state index contributed by atoms with van der Waals surface area (Å²) in [5.41, 5.74) is 7.02. The Morgan fingerprint density at radius 3 is 2.59 bits per heavy atom. The highest BCUT2D eigenvalue weighted by Gasteiger charge is 2.07. The van der Waals surface area contributed by atoms with E-state index in [9.17, 15) is 0 Å². The number of benzene rings is 1. The van der Waals surface area contributed by atoms with E-state index >= 15 is 0 Å². The molecule has 0 bridgehead atoms. The van der Waals surface area contributed by atoms with E-state index in [1.165, 1.54) is 37.0 Å². The SMILES string of the molecule is CCC[C@H](CCCN)CSCc1ccccc1. The highest BCUT2D eigenvalue weighted by Crippen LogP contribution is 2.21. The highest BCUT2D eigenvalue weighted by atomic mass is 32.2. The van der Waals surface area contributed by atoms with Crippen molar-refractivity contribution in [3.05, 3.63) is 35.9 Å². The maximum Gasteiger partial charge on any atom is 0.0184 e. The van der Waals surface area contributed by atoms with Crippen LogP contribution in [-0.2, 0) is 5.75 Å². The fourth-order valence-corrected chi connectivity index (χ4v) is 3.26. The molecule has 0 radical (unpaired) electrons. The molecule has 17 heavy (non-hydrogen) atoms. The zero-order valence-corrected chi connectivity index (χ0v) is 11.7. The van der Waals surface area contributed by atoms with Crippen molar-refractivity contribution in [2.24, 2.45) is 11.7 Å². The number of hydrogen-bond donors (Lipinski definition) is 1. The van der Waals surface area contributed by atoms with Crippen LogP contribution in [0.15, 0.2) is 30.3 Å². The first-order valence-electron chi connectivity index (χ1n) is 6.68. The van der Waals surface area contributed by atoms with Crippen molar-refractivity contribution in [3.63, 3.8) is 0 Å². The summed E-state index contributed by atoms with van der Waals surface area (Å²) in [4.78, 5) is 0. The van der Waals surface area contributed by atoms with E-state index in [0.29, 0.717) is 0 Å². The normalized spacial score (nSPS) is 12.6. The predicted octanol–water partition coefficient (Wildman–Crippen LogP) is 4.08. The lowest BCUT2D eigenvalue weighted by molar-refractivity contribution is 0.480. The van der Waals surface area contributed by atoms with Crippen LogP contribution < -0.4 is 5.73 Å². The molecule has 2 N–H and O–H groups in total. The van der Waals surface area contributed by atoms with Gasteiger partial charge < -0.3 is 5.73 Å². The van der Waals surface area contributed by atoms with E-state index in [0.717, 1.165) is 18.2 Å². The van der Waals surface area contributed by atoms with Gasteiger partial charge in [0.25, 0.3) is 0 Å². The van der Waals surface area contributed by atoms with Crippen LogP contribution in [0.4, 0.5) is 0 Å². The van der Waals surface area contributed by atoms with Crippen molar-refractivity contribution in [2.45, 2.75) is 38.4 Å². The molecule has 0 aromatic heterocycles. The van der Waals surface area contributed by atoms with Crippen LogP contribution >= 0.6 is 11.8 Å². The van der Waals surface area contributed by atoms with Crippen LogP contribution in [0.5, 0.6) is 0 Å². The fourth-order valence-electron chi connectivity index (χ4n) is 2.04. The summed E-state index contributed by atoms with van der Waals surface area (Å²) in [6.45, 7) is 3.11. The van der Waals surface area contributed by atoms with Gasteiger partial charge in [-0.05, 0) is 43.0 Å². The van der Waals surface area contributed by atoms with Crippen molar-refractivity contribution in [1.82, 2.24) is 0 Å². The molecule has 0 unspecified atom stereocenters. The third-order valence-electron chi connectivity index (χ3n) is 2.98. The third-order valence-corrected chi connectivity index (χ3v) is 4.22. The summed E-state index contributed by atoms with van der Waals surface area (Å²) >= 11 is 2.06. The van der Waals surface area contributed by atoms with Crippen molar-refractivity contribution in [2.75, 3.05) is 12.3 Å². The van der Waals surface area contributed by atoms with Gasteiger partial charge in [-0.1, -0.05) is 43.7 Å². The molecule has 0 aliphatic heterocycles. The maximum absolute atomic E-state index is 5.59. The number of nitrogens with two attached hydrogens (primary N) is 1. The Hall–Kier alpha value is -0.470. The molecular weight excluding hydrogens is 226 g/mol. The lowest BCUT2D eigenvalue weighted by atomic mass is 10.0. The average Bonchev–Trinajstić information content (AvgIpc) is 2.37. The van der Waals surface area contributed by atoms with Crippen LogP contribution in [-0.4, -0.2) is 12.3 Å². The average molecular weight is 251 g/mol. The minimum absolute atomic E-state index is 0.837. The second-order valence-corrected chi connectivity index (χ2v) is 5.62. The van der Waals surface area contributed by atoms with Crippen molar-refractivity contribution < 1.29 is 0 Å². The van der Waals surface area contributed by atoms with E-state index in [4.69, 9.17) is 5.73 Å². The zero-order chi connectivity index (χ0) is 12.3. The van der Waals surface area contributed by atoms with Crippen LogP contribution in [0, 0.1) is 5.92 Å². The minimum atomic E-state index is 0.837. The van der Waals surface area contributed by atoms with E-state index in [1.54, 1.807) is 0 Å². The van der Waals surface area contributed by atoms with Gasteiger partial charge in [-0.3, -0.25) is 0 Å². The number of thioether (sulfide) groups is 1. The van der Waals surface area contributed by atoms with Crippen LogP contribution in [0.3, 0.4) is 0 Å². The molecule has 1 atom stereocenters. The van der Waals surface area contributed by atoms with Crippen molar-refractivity contribution >= 4 is 11.8 Å². The topological polar surface area (TPSA) is 26.0 Å². The smallest absolute Gasteiger partial charge is 0.0184 e. The number of hydrogen-bond acceptors (Lipinski definition) is 2. The molecule has 96 valence electrons. The Balaban J connectivity index is 2.22. The lowest BCUT2D eigenvalue weighted by Crippen LogP contribution is -2.08. The van der Waals surface area contributed by atoms with E-state index in [2.05, 4.69) is 49.0 Å². The Bertz CT molecular complexity index is 274. The molecule has 1 aromatic rings. The maximum atomic E-state index is 5.59. The second kappa shape index (κ2) is 9.55. The largest absolute Gasteiger partial charge is 0.330 e. The molecule has 0 spiro atoms. The van der Waals surface area contributed by atoms with Gasteiger partial charge in [-0.25, -0.2) is 0 Å². The summed E-state index contributed by atoms with van der Waals surface area (Å²) in [6, 6.07) is 10.7. The van der Waals surface area contributed by atoms with Gasteiger partial charge in [-0.15, -0.1) is 0 Å². The summed E-state index contributed by atoms with van der Waals surface area (Å²) in [5.74, 6) is 3.28. The second-order valence-electron chi connectivity index (χ2n) is 4.59. The first-order chi connectivity index (χ1) is 8.36. The van der Waals surface area contributed by atoms with E-state index in [-0.39, 0.29) is 0 Å². The van der Waals surface area contributed by atoms with Gasteiger partial charge in [0.1, 0.15) is 0 Å². The summed E-state index contributed by atoms with van der Waals surface area (Å²) in [5, 5.41) is 0. The molecule has 1 aromatic carbocycles. The first kappa shape index (κ1) is 14.6. The van der Waals surface area contributed by atoms with E-state index in [1.807, 2.05) is 0 Å². The summed E-state index contributed by atoms with van der Waals surface area (Å²) in [6.07, 6.45) is 5.12. The molecule has 0 amide bonds. The van der Waals surface area contributed by atoms with Gasteiger partial charge in [-0.2, -0.15) is 11.8 Å². The molecule has 0 fully saturated rings. The lowest BCUT2D eigenvalue weighted by Gasteiger charge is -2.15. The van der Waals surface area contributed by atoms with Gasteiger partial charge in [0, 0.05) is 5.75 Å². The molecule has 0 aliphatic rings. The molecule has 0 saturated carbocycles. The Morgan fingerprint density at radius 1 is 1.18 bits per heavy atom. The Morgan fingerprint density at radius 2 is 1.94 bits per heavy atom. The van der Waals surface area contributed by atoms with Crippen molar-refractivity contribution in [3.8, 4) is 0 Å². The quantitative estimate of drug-likeness (QED) is 0.716. The standard InChI is InChI=1S/C15H25NS/c1-2-7-14(10-6-11-16)12-17-13-15-8-4-3-5-9-15/h3-5,8-9,14H,2,6-7,10-13,16H2,1H3/t14-/m1/s1. The van der Waals surface area contributed by atoms with Gasteiger partial charge >= 0.3 is 0 Å². The monoisotopic (exact) mass is 251 g/mol. The van der Waals surface area contributed by atoms with Crippen molar-refractivity contribution in [1.29, 1.82) is 0 Å². The molecule has 1 rings (SSSR count). The molecule has 1 nitrogen and oxygen atoms in total. The Kier molecular flexibility index (Phi) is 8.20. The minimum Gasteiger partial charge on any atom is -0.330 e. The van der Waals surface area contributed by atoms with Gasteiger partial charge in [0.15, 0.2) is 0 Å². The molecular formula is C15H25NS. The zero-order valence-electron chi connectivity index (χ0n) is 10.9. The molecule has 0 aliphatic carbocycles. The summed E-state index contributed by atoms with van der Waals surface area (Å²) < 4.78 is 0.